The van der Waals surface area contributed by atoms with E-state index in [0.29, 0.717) is 18.5 Å². The number of ether oxygens (including phenoxy) is 1. The van der Waals surface area contributed by atoms with Gasteiger partial charge in [0.2, 0.25) is 5.91 Å². The predicted molar refractivity (Wildman–Crippen MR) is 151 cm³/mol. The monoisotopic (exact) mass is 601 g/mol. The SMILES string of the molecule is O=C(C1CCCCC1)N1CCC2(Sc3ccc(F)cc3)c3ccc(COc4c(F)cccc4C(F)(F)F)cc3CCC12. The van der Waals surface area contributed by atoms with Crippen LogP contribution in [0.2, 0.25) is 0 Å². The van der Waals surface area contributed by atoms with Crippen molar-refractivity contribution in [2.24, 2.45) is 5.92 Å². The van der Waals surface area contributed by atoms with Gasteiger partial charge in [-0.05, 0) is 85.2 Å². The van der Waals surface area contributed by atoms with Crippen LogP contribution in [0.5, 0.6) is 5.75 Å². The third-order valence-corrected chi connectivity index (χ3v) is 10.5. The smallest absolute Gasteiger partial charge is 0.420 e. The van der Waals surface area contributed by atoms with Crippen LogP contribution in [0.3, 0.4) is 0 Å². The molecule has 42 heavy (non-hydrogen) atoms. The average Bonchev–Trinajstić information content (AvgIpc) is 3.36. The second kappa shape index (κ2) is 11.5. The van der Waals surface area contributed by atoms with Crippen molar-refractivity contribution in [3.63, 3.8) is 0 Å². The van der Waals surface area contributed by atoms with Gasteiger partial charge in [0, 0.05) is 17.4 Å². The average molecular weight is 602 g/mol. The maximum Gasteiger partial charge on any atom is 0.420 e. The van der Waals surface area contributed by atoms with Crippen LogP contribution in [0.15, 0.2) is 65.6 Å². The van der Waals surface area contributed by atoms with Gasteiger partial charge < -0.3 is 9.64 Å². The molecular weight excluding hydrogens is 569 g/mol. The summed E-state index contributed by atoms with van der Waals surface area (Å²) in [5, 5.41) is 0. The summed E-state index contributed by atoms with van der Waals surface area (Å²) in [5.41, 5.74) is 1.61. The summed E-state index contributed by atoms with van der Waals surface area (Å²) in [7, 11) is 0. The fraction of sp³-hybridized carbons (Fsp3) is 0.424. The first kappa shape index (κ1) is 29.0. The van der Waals surface area contributed by atoms with Crippen LogP contribution < -0.4 is 4.74 Å². The van der Waals surface area contributed by atoms with Crippen molar-refractivity contribution >= 4 is 17.7 Å². The molecule has 0 radical (unpaired) electrons. The van der Waals surface area contributed by atoms with Gasteiger partial charge in [-0.3, -0.25) is 4.79 Å². The summed E-state index contributed by atoms with van der Waals surface area (Å²) in [5.74, 6) is -1.88. The highest BCUT2D eigenvalue weighted by molar-refractivity contribution is 8.00. The molecule has 1 saturated carbocycles. The predicted octanol–water partition coefficient (Wildman–Crippen LogP) is 8.68. The molecule has 3 aromatic carbocycles. The summed E-state index contributed by atoms with van der Waals surface area (Å²) in [6.45, 7) is 0.428. The molecule has 0 aromatic heterocycles. The summed E-state index contributed by atoms with van der Waals surface area (Å²) in [6.07, 6.45) is 2.63. The lowest BCUT2D eigenvalue weighted by molar-refractivity contribution is -0.139. The molecule has 3 nitrogen and oxygen atoms in total. The van der Waals surface area contributed by atoms with Gasteiger partial charge in [-0.2, -0.15) is 13.2 Å². The first-order valence-corrected chi connectivity index (χ1v) is 15.3. The van der Waals surface area contributed by atoms with Crippen molar-refractivity contribution in [2.45, 2.75) is 79.8 Å². The van der Waals surface area contributed by atoms with Gasteiger partial charge in [0.05, 0.1) is 10.8 Å². The fourth-order valence-corrected chi connectivity index (χ4v) is 8.56. The number of aryl methyl sites for hydroxylation is 1. The Balaban J connectivity index is 1.30. The van der Waals surface area contributed by atoms with Crippen molar-refractivity contribution < 1.29 is 31.5 Å². The number of thioether (sulfide) groups is 1. The molecule has 1 amide bonds. The Morgan fingerprint density at radius 2 is 1.74 bits per heavy atom. The number of hydrogen-bond donors (Lipinski definition) is 0. The largest absolute Gasteiger partial charge is 0.485 e. The second-order valence-electron chi connectivity index (χ2n) is 11.5. The lowest BCUT2D eigenvalue weighted by Gasteiger charge is -2.43. The van der Waals surface area contributed by atoms with E-state index in [2.05, 4.69) is 4.90 Å². The van der Waals surface area contributed by atoms with Crippen LogP contribution in [0.1, 0.15) is 67.2 Å². The lowest BCUT2D eigenvalue weighted by Crippen LogP contribution is -2.48. The highest BCUT2D eigenvalue weighted by Crippen LogP contribution is 2.57. The zero-order chi connectivity index (χ0) is 29.5. The standard InChI is InChI=1S/C33H32F5NO2S/c34-24-11-13-25(14-12-24)42-32-17-18-39(31(40)22-5-2-1-3-6-22)29(32)16-10-23-19-21(9-15-26(23)32)20-41-30-27(33(36,37)38)7-4-8-28(30)35/h4,7-9,11-15,19,22,29H,1-3,5-6,10,16-18,20H2. The Bertz CT molecular complexity index is 1450. The molecule has 0 bridgehead atoms. The summed E-state index contributed by atoms with van der Waals surface area (Å²) in [6, 6.07) is 14.9. The minimum Gasteiger partial charge on any atom is -0.485 e. The van der Waals surface area contributed by atoms with Crippen LogP contribution in [-0.4, -0.2) is 23.4 Å². The van der Waals surface area contributed by atoms with Gasteiger partial charge in [-0.25, -0.2) is 8.78 Å². The molecule has 1 saturated heterocycles. The molecule has 2 aliphatic carbocycles. The van der Waals surface area contributed by atoms with Crippen molar-refractivity contribution in [1.29, 1.82) is 0 Å². The number of halogens is 5. The normalized spacial score (nSPS) is 22.5. The second-order valence-corrected chi connectivity index (χ2v) is 12.9. The molecule has 2 fully saturated rings. The Labute approximate surface area is 246 Å². The number of likely N-dealkylation sites (tertiary alicyclic amines) is 1. The number of fused-ring (bicyclic) bond motifs is 3. The van der Waals surface area contributed by atoms with Crippen molar-refractivity contribution in [3.8, 4) is 5.75 Å². The summed E-state index contributed by atoms with van der Waals surface area (Å²) >= 11 is 1.66. The number of rotatable bonds is 6. The maximum atomic E-state index is 14.3. The summed E-state index contributed by atoms with van der Waals surface area (Å²) in [4.78, 5) is 16.7. The highest BCUT2D eigenvalue weighted by Gasteiger charge is 2.54. The van der Waals surface area contributed by atoms with E-state index in [9.17, 15) is 26.7 Å². The van der Waals surface area contributed by atoms with Crippen LogP contribution in [0, 0.1) is 17.6 Å². The molecule has 6 rings (SSSR count). The van der Waals surface area contributed by atoms with E-state index < -0.39 is 28.1 Å². The quantitative estimate of drug-likeness (QED) is 0.265. The zero-order valence-corrected chi connectivity index (χ0v) is 23.9. The molecule has 0 spiro atoms. The fourth-order valence-electron chi connectivity index (χ4n) is 6.98. The molecule has 2 unspecified atom stereocenters. The Kier molecular flexibility index (Phi) is 7.98. The van der Waals surface area contributed by atoms with E-state index >= 15 is 0 Å². The molecule has 1 aliphatic heterocycles. The van der Waals surface area contributed by atoms with E-state index in [4.69, 9.17) is 4.74 Å². The van der Waals surface area contributed by atoms with Gasteiger partial charge in [0.1, 0.15) is 18.0 Å². The number of carbonyl (C=O) groups is 1. The third kappa shape index (κ3) is 5.52. The van der Waals surface area contributed by atoms with Gasteiger partial charge in [0.25, 0.3) is 0 Å². The van der Waals surface area contributed by atoms with E-state index in [1.165, 1.54) is 18.6 Å². The van der Waals surface area contributed by atoms with Crippen molar-refractivity contribution in [2.75, 3.05) is 6.54 Å². The van der Waals surface area contributed by atoms with Crippen LogP contribution in [0.4, 0.5) is 22.0 Å². The number of alkyl halides is 3. The number of nitrogens with zero attached hydrogens (tertiary/aromatic N) is 1. The first-order chi connectivity index (χ1) is 20.2. The number of amides is 1. The van der Waals surface area contributed by atoms with E-state index in [1.807, 2.05) is 18.2 Å². The van der Waals surface area contributed by atoms with Crippen LogP contribution in [0.25, 0.3) is 0 Å². The molecule has 3 aliphatic rings. The molecular formula is C33H32F5NO2S. The van der Waals surface area contributed by atoms with Crippen LogP contribution in [-0.2, 0) is 28.7 Å². The Morgan fingerprint density at radius 3 is 2.48 bits per heavy atom. The molecule has 2 atom stereocenters. The van der Waals surface area contributed by atoms with Crippen LogP contribution >= 0.6 is 11.8 Å². The Hall–Kier alpha value is -3.07. The highest BCUT2D eigenvalue weighted by atomic mass is 32.2. The Morgan fingerprint density at radius 1 is 0.976 bits per heavy atom. The van der Waals surface area contributed by atoms with Gasteiger partial charge in [-0.15, -0.1) is 11.8 Å². The third-order valence-electron chi connectivity index (χ3n) is 8.96. The number of hydrogen-bond acceptors (Lipinski definition) is 3. The number of para-hydroxylation sites is 1. The van der Waals surface area contributed by atoms with Gasteiger partial charge in [-0.1, -0.05) is 43.5 Å². The minimum absolute atomic E-state index is 0.0238. The minimum atomic E-state index is -4.74. The lowest BCUT2D eigenvalue weighted by atomic mass is 9.77. The molecule has 3 aromatic rings. The van der Waals surface area contributed by atoms with Gasteiger partial charge >= 0.3 is 6.18 Å². The maximum absolute atomic E-state index is 14.3. The zero-order valence-electron chi connectivity index (χ0n) is 23.1. The molecule has 1 heterocycles. The molecule has 9 heteroatoms. The first-order valence-electron chi connectivity index (χ1n) is 14.5. The van der Waals surface area contributed by atoms with E-state index in [-0.39, 0.29) is 30.3 Å². The van der Waals surface area contributed by atoms with Gasteiger partial charge in [0.15, 0.2) is 11.6 Å². The van der Waals surface area contributed by atoms with E-state index in [0.717, 1.165) is 72.7 Å². The summed E-state index contributed by atoms with van der Waals surface area (Å²) < 4.78 is 73.4. The molecule has 0 N–H and O–H groups in total. The van der Waals surface area contributed by atoms with Crippen molar-refractivity contribution in [3.05, 3.63) is 94.6 Å². The van der Waals surface area contributed by atoms with E-state index in [1.54, 1.807) is 23.9 Å². The number of benzene rings is 3. The molecule has 222 valence electrons. The van der Waals surface area contributed by atoms with Crippen molar-refractivity contribution in [1.82, 2.24) is 4.90 Å². The number of carbonyl (C=O) groups excluding carboxylic acids is 1. The topological polar surface area (TPSA) is 29.5 Å².